The second-order valence-corrected chi connectivity index (χ2v) is 7.82. The number of nitrogens with zero attached hydrogens (tertiary/aromatic N) is 2. The van der Waals surface area contributed by atoms with Crippen LogP contribution in [-0.4, -0.2) is 28.0 Å². The summed E-state index contributed by atoms with van der Waals surface area (Å²) in [6, 6.07) is 5.68. The minimum absolute atomic E-state index is 0.288. The second kappa shape index (κ2) is 7.93. The molecule has 0 saturated carbocycles. The lowest BCUT2D eigenvalue weighted by atomic mass is 10.1. The van der Waals surface area contributed by atoms with E-state index >= 15 is 0 Å². The third-order valence-electron chi connectivity index (χ3n) is 4.57. The van der Waals surface area contributed by atoms with Crippen LogP contribution in [0.2, 0.25) is 0 Å². The van der Waals surface area contributed by atoms with Crippen LogP contribution in [0.1, 0.15) is 21.6 Å². The summed E-state index contributed by atoms with van der Waals surface area (Å²) in [5.41, 5.74) is 3.13. The first-order chi connectivity index (χ1) is 13.3. The quantitative estimate of drug-likeness (QED) is 0.666. The smallest absolute Gasteiger partial charge is 0.326 e. The first-order valence-electron chi connectivity index (χ1n) is 8.74. The van der Waals surface area contributed by atoms with E-state index < -0.39 is 18.5 Å². The van der Waals surface area contributed by atoms with Gasteiger partial charge in [-0.3, -0.25) is 19.0 Å². The molecule has 28 heavy (non-hydrogen) atoms. The number of amides is 1. The molecular formula is C20H21N3O4S. The van der Waals surface area contributed by atoms with E-state index in [9.17, 15) is 14.4 Å². The molecule has 8 heteroatoms. The fourth-order valence-corrected chi connectivity index (χ4v) is 3.89. The number of anilines is 1. The van der Waals surface area contributed by atoms with E-state index in [1.165, 1.54) is 22.2 Å². The largest absolute Gasteiger partial charge is 0.454 e. The minimum atomic E-state index is -0.676. The number of aryl methyl sites for hydroxylation is 4. The number of esters is 1. The summed E-state index contributed by atoms with van der Waals surface area (Å²) < 4.78 is 6.23. The third-order valence-corrected chi connectivity index (χ3v) is 5.68. The molecule has 0 fully saturated rings. The summed E-state index contributed by atoms with van der Waals surface area (Å²) in [7, 11) is 0. The Morgan fingerprint density at radius 3 is 2.54 bits per heavy atom. The summed E-state index contributed by atoms with van der Waals surface area (Å²) in [6.45, 7) is 6.84. The number of aromatic nitrogens is 2. The summed E-state index contributed by atoms with van der Waals surface area (Å²) in [6.07, 6.45) is 1.33. The van der Waals surface area contributed by atoms with E-state index in [0.29, 0.717) is 15.9 Å². The minimum Gasteiger partial charge on any atom is -0.454 e. The van der Waals surface area contributed by atoms with E-state index in [1.807, 2.05) is 45.9 Å². The van der Waals surface area contributed by atoms with Gasteiger partial charge < -0.3 is 10.1 Å². The Balaban J connectivity index is 1.64. The molecule has 3 aromatic rings. The molecule has 0 aliphatic heterocycles. The zero-order valence-electron chi connectivity index (χ0n) is 16.2. The standard InChI is InChI=1S/C20H21N3O4S/c1-11-6-5-7-12(2)18(11)22-15(24)9-27-16(25)8-23-10-21-19-17(20(23)26)13(3)14(4)28-19/h5-7,10H,8-9H2,1-4H3,(H,22,24). The van der Waals surface area contributed by atoms with Crippen molar-refractivity contribution in [3.63, 3.8) is 0 Å². The van der Waals surface area contributed by atoms with Gasteiger partial charge in [0.15, 0.2) is 6.61 Å². The van der Waals surface area contributed by atoms with E-state index in [1.54, 1.807) is 0 Å². The highest BCUT2D eigenvalue weighted by Gasteiger charge is 2.15. The summed E-state index contributed by atoms with van der Waals surface area (Å²) in [5.74, 6) is -1.11. The maximum atomic E-state index is 12.6. The van der Waals surface area contributed by atoms with E-state index in [2.05, 4.69) is 10.3 Å². The number of hydrogen-bond acceptors (Lipinski definition) is 6. The first-order valence-corrected chi connectivity index (χ1v) is 9.56. The lowest BCUT2D eigenvalue weighted by Crippen LogP contribution is -2.28. The van der Waals surface area contributed by atoms with Gasteiger partial charge in [0.05, 0.1) is 11.7 Å². The second-order valence-electron chi connectivity index (χ2n) is 6.62. The van der Waals surface area contributed by atoms with Crippen molar-refractivity contribution in [2.45, 2.75) is 34.2 Å². The van der Waals surface area contributed by atoms with Crippen LogP contribution in [0.5, 0.6) is 0 Å². The predicted molar refractivity (Wildman–Crippen MR) is 109 cm³/mol. The predicted octanol–water partition coefficient (Wildman–Crippen LogP) is 2.87. The third kappa shape index (κ3) is 3.96. The van der Waals surface area contributed by atoms with Gasteiger partial charge in [-0.15, -0.1) is 11.3 Å². The van der Waals surface area contributed by atoms with Gasteiger partial charge in [0, 0.05) is 10.6 Å². The van der Waals surface area contributed by atoms with Crippen molar-refractivity contribution in [3.8, 4) is 0 Å². The van der Waals surface area contributed by atoms with Crippen molar-refractivity contribution >= 4 is 39.1 Å². The number of carbonyl (C=O) groups is 2. The Hall–Kier alpha value is -3.00. The highest BCUT2D eigenvalue weighted by Crippen LogP contribution is 2.25. The molecule has 0 atom stereocenters. The normalized spacial score (nSPS) is 10.9. The van der Waals surface area contributed by atoms with Crippen LogP contribution in [0, 0.1) is 27.7 Å². The number of nitrogens with one attached hydrogen (secondary N) is 1. The van der Waals surface area contributed by atoms with Gasteiger partial charge in [-0.2, -0.15) is 0 Å². The van der Waals surface area contributed by atoms with Gasteiger partial charge in [-0.05, 0) is 44.4 Å². The monoisotopic (exact) mass is 399 g/mol. The van der Waals surface area contributed by atoms with Gasteiger partial charge in [0.25, 0.3) is 11.5 Å². The summed E-state index contributed by atoms with van der Waals surface area (Å²) >= 11 is 1.44. The van der Waals surface area contributed by atoms with Gasteiger partial charge in [-0.25, -0.2) is 4.98 Å². The van der Waals surface area contributed by atoms with Crippen molar-refractivity contribution in [2.24, 2.45) is 0 Å². The number of carbonyl (C=O) groups excluding carboxylic acids is 2. The average molecular weight is 399 g/mol. The van der Waals surface area contributed by atoms with E-state index in [4.69, 9.17) is 4.74 Å². The fraction of sp³-hybridized carbons (Fsp3) is 0.300. The zero-order valence-corrected chi connectivity index (χ0v) is 17.0. The fourth-order valence-electron chi connectivity index (χ4n) is 2.90. The highest BCUT2D eigenvalue weighted by atomic mass is 32.1. The van der Waals surface area contributed by atoms with Gasteiger partial charge in [0.1, 0.15) is 11.4 Å². The summed E-state index contributed by atoms with van der Waals surface area (Å²) in [4.78, 5) is 42.7. The number of hydrogen-bond donors (Lipinski definition) is 1. The van der Waals surface area contributed by atoms with Crippen LogP contribution >= 0.6 is 11.3 Å². The van der Waals surface area contributed by atoms with Crippen LogP contribution in [0.4, 0.5) is 5.69 Å². The molecule has 146 valence electrons. The van der Waals surface area contributed by atoms with Crippen molar-refractivity contribution < 1.29 is 14.3 Å². The molecule has 0 radical (unpaired) electrons. The van der Waals surface area contributed by atoms with Gasteiger partial charge >= 0.3 is 5.97 Å². The van der Waals surface area contributed by atoms with Crippen molar-refractivity contribution in [3.05, 3.63) is 56.4 Å². The van der Waals surface area contributed by atoms with E-state index in [0.717, 1.165) is 21.6 Å². The number of para-hydroxylation sites is 1. The molecular weight excluding hydrogens is 378 g/mol. The Kier molecular flexibility index (Phi) is 5.60. The SMILES string of the molecule is Cc1cccc(C)c1NC(=O)COC(=O)Cn1cnc2sc(C)c(C)c2c1=O. The van der Waals surface area contributed by atoms with Crippen LogP contribution in [0.3, 0.4) is 0 Å². The lowest BCUT2D eigenvalue weighted by molar-refractivity contribution is -0.147. The molecule has 1 N–H and O–H groups in total. The topological polar surface area (TPSA) is 90.3 Å². The maximum Gasteiger partial charge on any atom is 0.326 e. The molecule has 0 bridgehead atoms. The Morgan fingerprint density at radius 1 is 1.18 bits per heavy atom. The molecule has 0 spiro atoms. The molecule has 3 rings (SSSR count). The zero-order chi connectivity index (χ0) is 20.4. The number of thiophene rings is 1. The Labute approximate surface area is 166 Å². The number of rotatable bonds is 5. The molecule has 7 nitrogen and oxygen atoms in total. The summed E-state index contributed by atoms with van der Waals surface area (Å²) in [5, 5.41) is 3.27. The Morgan fingerprint density at radius 2 is 1.86 bits per heavy atom. The number of ether oxygens (including phenoxy) is 1. The van der Waals surface area contributed by atoms with Gasteiger partial charge in [0.2, 0.25) is 0 Å². The van der Waals surface area contributed by atoms with Crippen molar-refractivity contribution in [1.29, 1.82) is 0 Å². The van der Waals surface area contributed by atoms with Crippen LogP contribution in [0.25, 0.3) is 10.2 Å². The molecule has 2 aromatic heterocycles. The van der Waals surface area contributed by atoms with Crippen LogP contribution in [0.15, 0.2) is 29.3 Å². The van der Waals surface area contributed by atoms with Crippen LogP contribution in [-0.2, 0) is 20.9 Å². The van der Waals surface area contributed by atoms with Crippen molar-refractivity contribution in [1.82, 2.24) is 9.55 Å². The molecule has 0 aliphatic rings. The number of fused-ring (bicyclic) bond motifs is 1. The maximum absolute atomic E-state index is 12.6. The van der Waals surface area contributed by atoms with Crippen molar-refractivity contribution in [2.75, 3.05) is 11.9 Å². The molecule has 1 aromatic carbocycles. The molecule has 0 saturated heterocycles. The van der Waals surface area contributed by atoms with Crippen LogP contribution < -0.4 is 10.9 Å². The highest BCUT2D eigenvalue weighted by molar-refractivity contribution is 7.18. The molecule has 1 amide bonds. The number of benzene rings is 1. The lowest BCUT2D eigenvalue weighted by Gasteiger charge is -2.12. The average Bonchev–Trinajstić information content (AvgIpc) is 2.94. The molecule has 2 heterocycles. The van der Waals surface area contributed by atoms with E-state index in [-0.39, 0.29) is 12.1 Å². The molecule has 0 aliphatic carbocycles. The van der Waals surface area contributed by atoms with Gasteiger partial charge in [-0.1, -0.05) is 18.2 Å². The molecule has 0 unspecified atom stereocenters. The Bertz CT molecular complexity index is 1110. The first kappa shape index (κ1) is 19.8.